The van der Waals surface area contributed by atoms with Crippen LogP contribution in [0.15, 0.2) is 18.2 Å². The fraction of sp³-hybridized carbons (Fsp3) is 0.462. The summed E-state index contributed by atoms with van der Waals surface area (Å²) in [7, 11) is 1.79. The number of nitrogens with one attached hydrogen (secondary N) is 2. The van der Waals surface area contributed by atoms with Gasteiger partial charge in [0.05, 0.1) is 6.61 Å². The minimum Gasteiger partial charge on any atom is -0.491 e. The predicted molar refractivity (Wildman–Crippen MR) is 68.0 cm³/mol. The van der Waals surface area contributed by atoms with E-state index in [-0.39, 0.29) is 11.7 Å². The molecule has 0 fully saturated rings. The minimum atomic E-state index is -0.404. The summed E-state index contributed by atoms with van der Waals surface area (Å²) in [5.41, 5.74) is 0.716. The van der Waals surface area contributed by atoms with E-state index in [1.165, 1.54) is 6.07 Å². The molecule has 0 spiro atoms. The maximum Gasteiger partial charge on any atom is 0.221 e. The van der Waals surface area contributed by atoms with Gasteiger partial charge in [-0.3, -0.25) is 4.79 Å². The Balaban J connectivity index is 2.48. The number of carbonyl (C=O) groups is 1. The maximum atomic E-state index is 13.5. The van der Waals surface area contributed by atoms with Crippen molar-refractivity contribution >= 4 is 5.91 Å². The topological polar surface area (TPSA) is 50.4 Å². The highest BCUT2D eigenvalue weighted by atomic mass is 19.1. The van der Waals surface area contributed by atoms with Gasteiger partial charge in [-0.05, 0) is 31.7 Å². The van der Waals surface area contributed by atoms with Gasteiger partial charge < -0.3 is 15.4 Å². The number of benzene rings is 1. The zero-order valence-corrected chi connectivity index (χ0v) is 10.8. The first-order chi connectivity index (χ1) is 8.67. The van der Waals surface area contributed by atoms with Gasteiger partial charge in [-0.2, -0.15) is 0 Å². The Labute approximate surface area is 107 Å². The number of ether oxygens (including phenoxy) is 1. The quantitative estimate of drug-likeness (QED) is 0.774. The number of hydrogen-bond donors (Lipinski definition) is 2. The Morgan fingerprint density at radius 2 is 2.22 bits per heavy atom. The summed E-state index contributed by atoms with van der Waals surface area (Å²) in [6.07, 6.45) is 0.413. The zero-order chi connectivity index (χ0) is 13.4. The molecule has 1 aromatic carbocycles. The van der Waals surface area contributed by atoms with E-state index in [0.29, 0.717) is 31.7 Å². The molecule has 1 aromatic rings. The van der Waals surface area contributed by atoms with Gasteiger partial charge in [0.2, 0.25) is 5.91 Å². The average Bonchev–Trinajstić information content (AvgIpc) is 2.37. The summed E-state index contributed by atoms with van der Waals surface area (Å²) >= 11 is 0. The molecule has 0 aliphatic carbocycles. The molecule has 1 amide bonds. The summed E-state index contributed by atoms with van der Waals surface area (Å²) in [5, 5.41) is 5.62. The Bertz CT molecular complexity index is 397. The molecule has 0 heterocycles. The highest BCUT2D eigenvalue weighted by Gasteiger charge is 2.05. The summed E-state index contributed by atoms with van der Waals surface area (Å²) in [6.45, 7) is 3.18. The predicted octanol–water partition coefficient (Wildman–Crippen LogP) is 1.45. The number of amides is 1. The third kappa shape index (κ3) is 4.71. The van der Waals surface area contributed by atoms with E-state index in [2.05, 4.69) is 10.6 Å². The molecule has 2 N–H and O–H groups in total. The lowest BCUT2D eigenvalue weighted by molar-refractivity contribution is -0.121. The first kappa shape index (κ1) is 14.4. The van der Waals surface area contributed by atoms with Crippen molar-refractivity contribution in [2.75, 3.05) is 20.2 Å². The van der Waals surface area contributed by atoms with Crippen LogP contribution in [-0.4, -0.2) is 26.1 Å². The van der Waals surface area contributed by atoms with Gasteiger partial charge in [-0.15, -0.1) is 0 Å². The molecule has 0 unspecified atom stereocenters. The third-order valence-corrected chi connectivity index (χ3v) is 2.39. The molecule has 18 heavy (non-hydrogen) atoms. The van der Waals surface area contributed by atoms with Crippen LogP contribution in [0.5, 0.6) is 5.75 Å². The molecule has 0 bridgehead atoms. The van der Waals surface area contributed by atoms with Crippen molar-refractivity contribution in [1.82, 2.24) is 10.6 Å². The molecule has 0 atom stereocenters. The SMILES string of the molecule is CCOc1ccc(CNC(=O)CCNC)cc1F. The average molecular weight is 254 g/mol. The van der Waals surface area contributed by atoms with Crippen LogP contribution in [0.4, 0.5) is 4.39 Å². The van der Waals surface area contributed by atoms with E-state index in [4.69, 9.17) is 4.74 Å². The number of halogens is 1. The van der Waals surface area contributed by atoms with Crippen molar-refractivity contribution in [3.8, 4) is 5.75 Å². The first-order valence-electron chi connectivity index (χ1n) is 6.00. The molecule has 0 saturated carbocycles. The smallest absolute Gasteiger partial charge is 0.221 e. The van der Waals surface area contributed by atoms with Crippen LogP contribution in [0.25, 0.3) is 0 Å². The fourth-order valence-corrected chi connectivity index (χ4v) is 1.45. The van der Waals surface area contributed by atoms with Crippen molar-refractivity contribution in [1.29, 1.82) is 0 Å². The van der Waals surface area contributed by atoms with Gasteiger partial charge in [-0.1, -0.05) is 6.07 Å². The molecular formula is C13H19FN2O2. The molecule has 100 valence electrons. The third-order valence-electron chi connectivity index (χ3n) is 2.39. The minimum absolute atomic E-state index is 0.0568. The fourth-order valence-electron chi connectivity index (χ4n) is 1.45. The molecule has 0 aliphatic rings. The molecule has 5 heteroatoms. The van der Waals surface area contributed by atoms with Crippen LogP contribution >= 0.6 is 0 Å². The van der Waals surface area contributed by atoms with E-state index in [0.717, 1.165) is 0 Å². The van der Waals surface area contributed by atoms with Crippen molar-refractivity contribution < 1.29 is 13.9 Å². The van der Waals surface area contributed by atoms with Crippen molar-refractivity contribution in [2.24, 2.45) is 0 Å². The van der Waals surface area contributed by atoms with Crippen molar-refractivity contribution in [2.45, 2.75) is 19.9 Å². The van der Waals surface area contributed by atoms with E-state index in [9.17, 15) is 9.18 Å². The Kier molecular flexibility index (Phi) is 6.14. The Morgan fingerprint density at radius 1 is 1.44 bits per heavy atom. The summed E-state index contributed by atoms with van der Waals surface area (Å²) in [4.78, 5) is 11.4. The van der Waals surface area contributed by atoms with Crippen LogP contribution in [0, 0.1) is 5.82 Å². The normalized spacial score (nSPS) is 10.2. The van der Waals surface area contributed by atoms with Gasteiger partial charge in [0.1, 0.15) is 0 Å². The second-order valence-electron chi connectivity index (χ2n) is 3.83. The lowest BCUT2D eigenvalue weighted by Gasteiger charge is -2.08. The van der Waals surface area contributed by atoms with E-state index < -0.39 is 5.82 Å². The first-order valence-corrected chi connectivity index (χ1v) is 6.00. The van der Waals surface area contributed by atoms with Gasteiger partial charge in [0.25, 0.3) is 0 Å². The molecule has 0 aromatic heterocycles. The standard InChI is InChI=1S/C13H19FN2O2/c1-3-18-12-5-4-10(8-11(12)14)9-16-13(17)6-7-15-2/h4-5,8,15H,3,6-7,9H2,1-2H3,(H,16,17). The highest BCUT2D eigenvalue weighted by molar-refractivity contribution is 5.76. The number of carbonyl (C=O) groups excluding carboxylic acids is 1. The summed E-state index contributed by atoms with van der Waals surface area (Å²) in [6, 6.07) is 4.70. The lowest BCUT2D eigenvalue weighted by atomic mass is 10.2. The Hall–Kier alpha value is -1.62. The van der Waals surface area contributed by atoms with E-state index in [1.54, 1.807) is 26.1 Å². The second-order valence-corrected chi connectivity index (χ2v) is 3.83. The molecule has 4 nitrogen and oxygen atoms in total. The van der Waals surface area contributed by atoms with Crippen LogP contribution in [-0.2, 0) is 11.3 Å². The molecule has 0 aliphatic heterocycles. The largest absolute Gasteiger partial charge is 0.491 e. The van der Waals surface area contributed by atoms with Gasteiger partial charge in [0, 0.05) is 19.5 Å². The van der Waals surface area contributed by atoms with Crippen LogP contribution < -0.4 is 15.4 Å². The summed E-state index contributed by atoms with van der Waals surface area (Å²) in [5.74, 6) is -0.222. The maximum absolute atomic E-state index is 13.5. The van der Waals surface area contributed by atoms with Crippen LogP contribution in [0.2, 0.25) is 0 Å². The van der Waals surface area contributed by atoms with Gasteiger partial charge >= 0.3 is 0 Å². The van der Waals surface area contributed by atoms with Crippen LogP contribution in [0.1, 0.15) is 18.9 Å². The van der Waals surface area contributed by atoms with E-state index in [1.807, 2.05) is 0 Å². The van der Waals surface area contributed by atoms with E-state index >= 15 is 0 Å². The number of hydrogen-bond acceptors (Lipinski definition) is 3. The van der Waals surface area contributed by atoms with Gasteiger partial charge in [-0.25, -0.2) is 4.39 Å². The molecule has 1 rings (SSSR count). The number of rotatable bonds is 7. The molecule has 0 saturated heterocycles. The van der Waals surface area contributed by atoms with Crippen LogP contribution in [0.3, 0.4) is 0 Å². The summed E-state index contributed by atoms with van der Waals surface area (Å²) < 4.78 is 18.6. The van der Waals surface area contributed by atoms with Gasteiger partial charge in [0.15, 0.2) is 11.6 Å². The molecular weight excluding hydrogens is 235 g/mol. The van der Waals surface area contributed by atoms with Crippen molar-refractivity contribution in [3.63, 3.8) is 0 Å². The lowest BCUT2D eigenvalue weighted by Crippen LogP contribution is -2.26. The second kappa shape index (κ2) is 7.66. The highest BCUT2D eigenvalue weighted by Crippen LogP contribution is 2.18. The molecule has 0 radical (unpaired) electrons. The zero-order valence-electron chi connectivity index (χ0n) is 10.8. The Morgan fingerprint density at radius 3 is 2.83 bits per heavy atom. The monoisotopic (exact) mass is 254 g/mol. The van der Waals surface area contributed by atoms with Crippen molar-refractivity contribution in [3.05, 3.63) is 29.6 Å².